The van der Waals surface area contributed by atoms with E-state index in [9.17, 15) is 9.00 Å². The van der Waals surface area contributed by atoms with Crippen LogP contribution in [0.15, 0.2) is 0 Å². The standard InChI is InChI=1S/C9H16O4S/c1-2-8(9(10)11)14(12)6-7-3-4-13-5-7/h7-8H,2-6H2,1H3,(H,10,11). The minimum absolute atomic E-state index is 0.282. The first-order chi connectivity index (χ1) is 6.65. The van der Waals surface area contributed by atoms with Gasteiger partial charge in [-0.2, -0.15) is 0 Å². The highest BCUT2D eigenvalue weighted by atomic mass is 32.2. The fourth-order valence-corrected chi connectivity index (χ4v) is 3.09. The summed E-state index contributed by atoms with van der Waals surface area (Å²) in [6.07, 6.45) is 1.33. The van der Waals surface area contributed by atoms with Crippen LogP contribution in [0.4, 0.5) is 0 Å². The van der Waals surface area contributed by atoms with Crippen LogP contribution >= 0.6 is 0 Å². The van der Waals surface area contributed by atoms with Crippen molar-refractivity contribution in [1.29, 1.82) is 0 Å². The van der Waals surface area contributed by atoms with Crippen LogP contribution in [0.25, 0.3) is 0 Å². The van der Waals surface area contributed by atoms with Crippen molar-refractivity contribution in [1.82, 2.24) is 0 Å². The molecule has 14 heavy (non-hydrogen) atoms. The Balaban J connectivity index is 2.42. The average Bonchev–Trinajstić information content (AvgIpc) is 2.57. The van der Waals surface area contributed by atoms with Gasteiger partial charge in [-0.1, -0.05) is 6.92 Å². The largest absolute Gasteiger partial charge is 0.480 e. The molecule has 0 aromatic carbocycles. The first-order valence-electron chi connectivity index (χ1n) is 4.82. The summed E-state index contributed by atoms with van der Waals surface area (Å²) in [4.78, 5) is 10.7. The third-order valence-electron chi connectivity index (χ3n) is 2.39. The van der Waals surface area contributed by atoms with Crippen LogP contribution in [0.5, 0.6) is 0 Å². The van der Waals surface area contributed by atoms with Gasteiger partial charge in [0.25, 0.3) is 0 Å². The lowest BCUT2D eigenvalue weighted by Gasteiger charge is -2.12. The zero-order valence-electron chi connectivity index (χ0n) is 8.27. The van der Waals surface area contributed by atoms with Gasteiger partial charge in [0, 0.05) is 23.2 Å². The molecule has 0 aromatic rings. The maximum Gasteiger partial charge on any atom is 0.319 e. The highest BCUT2D eigenvalue weighted by molar-refractivity contribution is 7.86. The number of aliphatic carboxylic acids is 1. The first-order valence-corrected chi connectivity index (χ1v) is 6.21. The summed E-state index contributed by atoms with van der Waals surface area (Å²) < 4.78 is 16.8. The van der Waals surface area contributed by atoms with Gasteiger partial charge in [-0.05, 0) is 18.8 Å². The van der Waals surface area contributed by atoms with E-state index < -0.39 is 22.0 Å². The molecule has 0 aliphatic carbocycles. The van der Waals surface area contributed by atoms with Gasteiger partial charge in [0.1, 0.15) is 5.25 Å². The van der Waals surface area contributed by atoms with Crippen LogP contribution in [-0.4, -0.2) is 39.5 Å². The summed E-state index contributed by atoms with van der Waals surface area (Å²) in [6, 6.07) is 0. The zero-order valence-corrected chi connectivity index (χ0v) is 9.09. The molecule has 0 aromatic heterocycles. The number of carboxylic acid groups (broad SMARTS) is 1. The SMILES string of the molecule is CCC(C(=O)O)S(=O)CC1CCOC1. The normalized spacial score (nSPS) is 25.9. The molecule has 0 radical (unpaired) electrons. The molecular formula is C9H16O4S. The minimum atomic E-state index is -1.26. The molecule has 0 bridgehead atoms. The lowest BCUT2D eigenvalue weighted by Crippen LogP contribution is -2.29. The van der Waals surface area contributed by atoms with Crippen molar-refractivity contribution in [3.63, 3.8) is 0 Å². The third kappa shape index (κ3) is 3.06. The molecule has 3 atom stereocenters. The number of rotatable bonds is 5. The molecule has 5 heteroatoms. The van der Waals surface area contributed by atoms with E-state index in [1.165, 1.54) is 0 Å². The number of hydrogen-bond acceptors (Lipinski definition) is 3. The minimum Gasteiger partial charge on any atom is -0.480 e. The van der Waals surface area contributed by atoms with Gasteiger partial charge in [-0.3, -0.25) is 9.00 Å². The Morgan fingerprint density at radius 2 is 2.43 bits per heavy atom. The quantitative estimate of drug-likeness (QED) is 0.738. The van der Waals surface area contributed by atoms with E-state index in [0.717, 1.165) is 6.42 Å². The van der Waals surface area contributed by atoms with E-state index >= 15 is 0 Å². The summed E-state index contributed by atoms with van der Waals surface area (Å²) >= 11 is 0. The second kappa shape index (κ2) is 5.46. The maximum atomic E-state index is 11.6. The van der Waals surface area contributed by atoms with Gasteiger partial charge in [-0.25, -0.2) is 0 Å². The van der Waals surface area contributed by atoms with Crippen molar-refractivity contribution < 1.29 is 18.8 Å². The fraction of sp³-hybridized carbons (Fsp3) is 0.889. The first kappa shape index (κ1) is 11.7. The Hall–Kier alpha value is -0.420. The van der Waals surface area contributed by atoms with Crippen molar-refractivity contribution in [2.24, 2.45) is 5.92 Å². The molecule has 1 rings (SSSR count). The monoisotopic (exact) mass is 220 g/mol. The third-order valence-corrected chi connectivity index (χ3v) is 4.36. The number of carboxylic acids is 1. The van der Waals surface area contributed by atoms with Gasteiger partial charge in [0.05, 0.1) is 6.61 Å². The van der Waals surface area contributed by atoms with E-state index in [2.05, 4.69) is 0 Å². The van der Waals surface area contributed by atoms with Crippen molar-refractivity contribution in [3.05, 3.63) is 0 Å². The highest BCUT2D eigenvalue weighted by Gasteiger charge is 2.26. The predicted molar refractivity (Wildman–Crippen MR) is 53.7 cm³/mol. The number of carbonyl (C=O) groups is 1. The summed E-state index contributed by atoms with van der Waals surface area (Å²) in [6.45, 7) is 3.09. The Kier molecular flexibility index (Phi) is 4.54. The predicted octanol–water partition coefficient (Wildman–Crippen LogP) is 0.635. The molecule has 1 fully saturated rings. The van der Waals surface area contributed by atoms with Crippen molar-refractivity contribution >= 4 is 16.8 Å². The smallest absolute Gasteiger partial charge is 0.319 e. The number of ether oxygens (including phenoxy) is 1. The summed E-state index contributed by atoms with van der Waals surface area (Å²) in [5.74, 6) is -0.209. The molecule has 4 nitrogen and oxygen atoms in total. The van der Waals surface area contributed by atoms with Crippen LogP contribution in [-0.2, 0) is 20.3 Å². The van der Waals surface area contributed by atoms with E-state index in [1.807, 2.05) is 0 Å². The molecule has 0 spiro atoms. The van der Waals surface area contributed by atoms with Crippen LogP contribution in [0.1, 0.15) is 19.8 Å². The Morgan fingerprint density at radius 3 is 2.86 bits per heavy atom. The molecule has 1 saturated heterocycles. The lowest BCUT2D eigenvalue weighted by atomic mass is 10.2. The summed E-state index contributed by atoms with van der Waals surface area (Å²) in [5, 5.41) is 8.08. The molecule has 0 amide bonds. The second-order valence-electron chi connectivity index (χ2n) is 3.51. The topological polar surface area (TPSA) is 63.6 Å². The molecule has 1 N–H and O–H groups in total. The van der Waals surface area contributed by atoms with E-state index in [-0.39, 0.29) is 5.92 Å². The van der Waals surface area contributed by atoms with Crippen molar-refractivity contribution in [2.75, 3.05) is 19.0 Å². The Bertz CT molecular complexity index is 223. The van der Waals surface area contributed by atoms with Crippen LogP contribution in [0, 0.1) is 5.92 Å². The molecular weight excluding hydrogens is 204 g/mol. The van der Waals surface area contributed by atoms with Gasteiger partial charge in [0.2, 0.25) is 0 Å². The van der Waals surface area contributed by atoms with Crippen molar-refractivity contribution in [2.45, 2.75) is 25.0 Å². The molecule has 1 aliphatic rings. The average molecular weight is 220 g/mol. The maximum absolute atomic E-state index is 11.6. The van der Waals surface area contributed by atoms with E-state index in [4.69, 9.17) is 9.84 Å². The van der Waals surface area contributed by atoms with E-state index in [1.54, 1.807) is 6.92 Å². The molecule has 0 saturated carbocycles. The second-order valence-corrected chi connectivity index (χ2v) is 5.18. The summed E-state index contributed by atoms with van der Waals surface area (Å²) in [7, 11) is -1.26. The van der Waals surface area contributed by atoms with Gasteiger partial charge in [0.15, 0.2) is 0 Å². The van der Waals surface area contributed by atoms with Crippen LogP contribution in [0.3, 0.4) is 0 Å². The van der Waals surface area contributed by atoms with E-state index in [0.29, 0.717) is 25.4 Å². The zero-order chi connectivity index (χ0) is 10.6. The lowest BCUT2D eigenvalue weighted by molar-refractivity contribution is -0.136. The molecule has 1 heterocycles. The fourth-order valence-electron chi connectivity index (χ4n) is 1.54. The molecule has 1 aliphatic heterocycles. The highest BCUT2D eigenvalue weighted by Crippen LogP contribution is 2.16. The van der Waals surface area contributed by atoms with Gasteiger partial charge in [-0.15, -0.1) is 0 Å². The Labute approximate surface area is 86.1 Å². The van der Waals surface area contributed by atoms with Crippen LogP contribution in [0.2, 0.25) is 0 Å². The van der Waals surface area contributed by atoms with Crippen LogP contribution < -0.4 is 0 Å². The molecule has 3 unspecified atom stereocenters. The van der Waals surface area contributed by atoms with Crippen molar-refractivity contribution in [3.8, 4) is 0 Å². The van der Waals surface area contributed by atoms with Gasteiger partial charge >= 0.3 is 5.97 Å². The van der Waals surface area contributed by atoms with Gasteiger partial charge < -0.3 is 9.84 Å². The number of hydrogen-bond donors (Lipinski definition) is 1. The summed E-state index contributed by atoms with van der Waals surface area (Å²) in [5.41, 5.74) is 0. The molecule has 82 valence electrons. The Morgan fingerprint density at radius 1 is 1.71 bits per heavy atom.